The molecule has 0 saturated carbocycles. The Kier molecular flexibility index (Phi) is 1.17. The first-order valence-corrected chi connectivity index (χ1v) is 3.31. The molecule has 0 bridgehead atoms. The van der Waals surface area contributed by atoms with E-state index in [1.54, 1.807) is 0 Å². The average molecular weight is 132 g/mol. The molecule has 1 N–H and O–H groups in total. The van der Waals surface area contributed by atoms with Crippen molar-refractivity contribution in [2.75, 3.05) is 0 Å². The molecule has 2 rings (SSSR count). The highest BCUT2D eigenvalue weighted by molar-refractivity contribution is 5.69. The maximum atomic E-state index is 3.87. The van der Waals surface area contributed by atoms with Crippen LogP contribution in [0.3, 0.4) is 0 Å². The van der Waals surface area contributed by atoms with Crippen LogP contribution in [0.4, 0.5) is 0 Å². The predicted molar refractivity (Wildman–Crippen MR) is 40.3 cm³/mol. The lowest BCUT2D eigenvalue weighted by molar-refractivity contribution is 1.09. The highest BCUT2D eigenvalue weighted by Crippen LogP contribution is 2.21. The number of nitrogens with zero attached hydrogens (tertiary/aromatic N) is 1. The smallest absolute Gasteiger partial charge is 0.0562 e. The Morgan fingerprint density at radius 3 is 3.10 bits per heavy atom. The number of nitrogens with one attached hydrogen (secondary N) is 1. The first kappa shape index (κ1) is 5.47. The summed E-state index contributed by atoms with van der Waals surface area (Å²) in [6.45, 7) is 0. The molecule has 0 aromatic carbocycles. The first-order valence-electron chi connectivity index (χ1n) is 3.31. The lowest BCUT2D eigenvalue weighted by Crippen LogP contribution is -1.73. The molecule has 50 valence electrons. The molecule has 1 aliphatic rings. The van der Waals surface area contributed by atoms with Crippen molar-refractivity contribution in [3.05, 3.63) is 36.2 Å². The Balaban J connectivity index is 2.30. The molecule has 0 radical (unpaired) electrons. The molecule has 0 atom stereocenters. The number of allylic oxidation sites excluding steroid dienone is 4. The van der Waals surface area contributed by atoms with E-state index < -0.39 is 0 Å². The normalized spacial score (nSPS) is 15.8. The number of aromatic nitrogens is 2. The van der Waals surface area contributed by atoms with Gasteiger partial charge in [0.15, 0.2) is 0 Å². The van der Waals surface area contributed by atoms with Crippen molar-refractivity contribution in [1.82, 2.24) is 10.2 Å². The third-order valence-electron chi connectivity index (χ3n) is 1.64. The van der Waals surface area contributed by atoms with E-state index in [1.165, 1.54) is 11.1 Å². The molecular formula is C8H8N2. The van der Waals surface area contributed by atoms with Crippen molar-refractivity contribution in [3.8, 4) is 0 Å². The molecule has 1 aliphatic carbocycles. The van der Waals surface area contributed by atoms with Gasteiger partial charge in [-0.3, -0.25) is 5.10 Å². The van der Waals surface area contributed by atoms with E-state index in [4.69, 9.17) is 0 Å². The molecule has 1 heterocycles. The summed E-state index contributed by atoms with van der Waals surface area (Å²) in [6.07, 6.45) is 11.1. The molecule has 1 aromatic rings. The van der Waals surface area contributed by atoms with Gasteiger partial charge in [-0.25, -0.2) is 0 Å². The second-order valence-corrected chi connectivity index (χ2v) is 2.31. The van der Waals surface area contributed by atoms with Crippen LogP contribution < -0.4 is 0 Å². The molecule has 10 heavy (non-hydrogen) atoms. The largest absolute Gasteiger partial charge is 0.285 e. The second kappa shape index (κ2) is 2.14. The summed E-state index contributed by atoms with van der Waals surface area (Å²) in [6, 6.07) is 0. The van der Waals surface area contributed by atoms with E-state index in [2.05, 4.69) is 28.4 Å². The Morgan fingerprint density at radius 1 is 1.50 bits per heavy atom. The fraction of sp³-hybridized carbons (Fsp3) is 0.125. The van der Waals surface area contributed by atoms with E-state index in [1.807, 2.05) is 12.4 Å². The van der Waals surface area contributed by atoms with Crippen molar-refractivity contribution in [1.29, 1.82) is 0 Å². The molecule has 0 aliphatic heterocycles. The lowest BCUT2D eigenvalue weighted by atomic mass is 10.1. The van der Waals surface area contributed by atoms with Gasteiger partial charge in [-0.1, -0.05) is 18.2 Å². The van der Waals surface area contributed by atoms with Crippen molar-refractivity contribution in [3.63, 3.8) is 0 Å². The topological polar surface area (TPSA) is 28.7 Å². The molecule has 0 fully saturated rings. The van der Waals surface area contributed by atoms with Gasteiger partial charge in [0, 0.05) is 11.8 Å². The summed E-state index contributed by atoms with van der Waals surface area (Å²) in [5.41, 5.74) is 2.54. The minimum Gasteiger partial charge on any atom is -0.285 e. The Labute approximate surface area is 59.3 Å². The maximum absolute atomic E-state index is 3.87. The van der Waals surface area contributed by atoms with Crippen molar-refractivity contribution >= 4 is 5.57 Å². The number of rotatable bonds is 1. The lowest BCUT2D eigenvalue weighted by Gasteiger charge is -1.92. The SMILES string of the molecule is C1=CCC(c2cn[nH]c2)=C1. The van der Waals surface area contributed by atoms with Crippen LogP contribution in [0, 0.1) is 0 Å². The monoisotopic (exact) mass is 132 g/mol. The number of hydrogen-bond donors (Lipinski definition) is 1. The van der Waals surface area contributed by atoms with Gasteiger partial charge in [0.1, 0.15) is 0 Å². The van der Waals surface area contributed by atoms with Gasteiger partial charge in [0.05, 0.1) is 6.20 Å². The van der Waals surface area contributed by atoms with Gasteiger partial charge in [-0.05, 0) is 12.0 Å². The highest BCUT2D eigenvalue weighted by Gasteiger charge is 2.01. The predicted octanol–water partition coefficient (Wildman–Crippen LogP) is 1.75. The Morgan fingerprint density at radius 2 is 2.50 bits per heavy atom. The maximum Gasteiger partial charge on any atom is 0.0562 e. The molecule has 2 nitrogen and oxygen atoms in total. The summed E-state index contributed by atoms with van der Waals surface area (Å²) in [4.78, 5) is 0. The van der Waals surface area contributed by atoms with Crippen LogP contribution in [-0.2, 0) is 0 Å². The van der Waals surface area contributed by atoms with Crippen LogP contribution in [0.15, 0.2) is 30.6 Å². The fourth-order valence-corrected chi connectivity index (χ4v) is 1.09. The average Bonchev–Trinajstić information content (AvgIpc) is 2.59. The molecule has 2 heteroatoms. The number of H-pyrrole nitrogens is 1. The van der Waals surface area contributed by atoms with Crippen molar-refractivity contribution in [2.24, 2.45) is 0 Å². The van der Waals surface area contributed by atoms with Gasteiger partial charge in [-0.2, -0.15) is 5.10 Å². The summed E-state index contributed by atoms with van der Waals surface area (Å²) < 4.78 is 0. The van der Waals surface area contributed by atoms with E-state index in [9.17, 15) is 0 Å². The number of hydrogen-bond acceptors (Lipinski definition) is 1. The highest BCUT2D eigenvalue weighted by atomic mass is 15.1. The van der Waals surface area contributed by atoms with Crippen molar-refractivity contribution < 1.29 is 0 Å². The van der Waals surface area contributed by atoms with Crippen LogP contribution in [0.5, 0.6) is 0 Å². The number of aromatic amines is 1. The van der Waals surface area contributed by atoms with E-state index in [0.717, 1.165) is 6.42 Å². The van der Waals surface area contributed by atoms with Gasteiger partial charge in [0.2, 0.25) is 0 Å². The van der Waals surface area contributed by atoms with E-state index in [0.29, 0.717) is 0 Å². The summed E-state index contributed by atoms with van der Waals surface area (Å²) >= 11 is 0. The van der Waals surface area contributed by atoms with Gasteiger partial charge in [-0.15, -0.1) is 0 Å². The quantitative estimate of drug-likeness (QED) is 0.619. The Bertz CT molecular complexity index is 267. The minimum absolute atomic E-state index is 1.04. The summed E-state index contributed by atoms with van der Waals surface area (Å²) in [5.74, 6) is 0. The van der Waals surface area contributed by atoms with Crippen LogP contribution >= 0.6 is 0 Å². The third-order valence-corrected chi connectivity index (χ3v) is 1.64. The van der Waals surface area contributed by atoms with Crippen LogP contribution in [0.25, 0.3) is 5.57 Å². The summed E-state index contributed by atoms with van der Waals surface area (Å²) in [5, 5.41) is 6.66. The molecule has 0 saturated heterocycles. The zero-order valence-electron chi connectivity index (χ0n) is 5.54. The Hall–Kier alpha value is -1.31. The first-order chi connectivity index (χ1) is 4.97. The standard InChI is InChI=1S/C8H8N2/c1-2-4-7(3-1)8-5-9-10-6-8/h1-3,5-6H,4H2,(H,9,10). The van der Waals surface area contributed by atoms with Gasteiger partial charge in [0.25, 0.3) is 0 Å². The second-order valence-electron chi connectivity index (χ2n) is 2.31. The zero-order chi connectivity index (χ0) is 6.81. The molecule has 0 unspecified atom stereocenters. The summed E-state index contributed by atoms with van der Waals surface area (Å²) in [7, 11) is 0. The van der Waals surface area contributed by atoms with Crippen LogP contribution in [0.1, 0.15) is 12.0 Å². The van der Waals surface area contributed by atoms with Crippen LogP contribution in [-0.4, -0.2) is 10.2 Å². The van der Waals surface area contributed by atoms with Gasteiger partial charge < -0.3 is 0 Å². The zero-order valence-corrected chi connectivity index (χ0v) is 5.54. The molecule has 1 aromatic heterocycles. The molecular weight excluding hydrogens is 124 g/mol. The molecule has 0 spiro atoms. The van der Waals surface area contributed by atoms with Crippen molar-refractivity contribution in [2.45, 2.75) is 6.42 Å². The minimum atomic E-state index is 1.04. The van der Waals surface area contributed by atoms with Gasteiger partial charge >= 0.3 is 0 Å². The molecule has 0 amide bonds. The van der Waals surface area contributed by atoms with Crippen LogP contribution in [0.2, 0.25) is 0 Å². The third kappa shape index (κ3) is 0.778. The fourth-order valence-electron chi connectivity index (χ4n) is 1.09. The van der Waals surface area contributed by atoms with E-state index in [-0.39, 0.29) is 0 Å². The van der Waals surface area contributed by atoms with E-state index >= 15 is 0 Å².